The van der Waals surface area contributed by atoms with E-state index in [-0.39, 0.29) is 36.7 Å². The summed E-state index contributed by atoms with van der Waals surface area (Å²) in [5, 5.41) is 0. The van der Waals surface area contributed by atoms with Crippen LogP contribution in [-0.4, -0.2) is 21.5 Å². The third-order valence-corrected chi connectivity index (χ3v) is 4.44. The van der Waals surface area contributed by atoms with E-state index in [1.54, 1.807) is 12.1 Å². The molecule has 1 fully saturated rings. The predicted octanol–water partition coefficient (Wildman–Crippen LogP) is 2.96. The first-order valence-electron chi connectivity index (χ1n) is 5.05. The Kier molecular flexibility index (Phi) is 7.91. The van der Waals surface area contributed by atoms with Gasteiger partial charge in [-0.1, -0.05) is 34.7 Å². The summed E-state index contributed by atoms with van der Waals surface area (Å²) < 4.78 is 13.3. The van der Waals surface area contributed by atoms with Crippen molar-refractivity contribution >= 4 is 47.4 Å². The summed E-state index contributed by atoms with van der Waals surface area (Å²) in [6.45, 7) is 1.80. The molecule has 1 aliphatic rings. The molecule has 0 radical (unpaired) electrons. The van der Waals surface area contributed by atoms with Gasteiger partial charge in [-0.2, -0.15) is 0 Å². The summed E-state index contributed by atoms with van der Waals surface area (Å²) in [6, 6.07) is 7.02. The molecule has 1 saturated heterocycles. The fraction of sp³-hybridized carbons (Fsp3) is 0.455. The van der Waals surface area contributed by atoms with E-state index in [0.29, 0.717) is 4.05 Å². The van der Waals surface area contributed by atoms with Crippen LogP contribution in [0, 0.1) is 5.82 Å². The first-order valence-corrected chi connectivity index (χ1v) is 6.29. The SMILES string of the molecule is Cl.Cl.N[C@@H]1CCN(Cc2cccc(F)c2)C1I. The number of likely N-dealkylation sites (tertiary alicyclic amines) is 1. The van der Waals surface area contributed by atoms with Crippen LogP contribution in [0.4, 0.5) is 4.39 Å². The van der Waals surface area contributed by atoms with E-state index in [0.717, 1.165) is 25.1 Å². The molecule has 2 rings (SSSR count). The molecule has 17 heavy (non-hydrogen) atoms. The molecular formula is C11H16Cl2FIN2. The van der Waals surface area contributed by atoms with Crippen molar-refractivity contribution in [2.75, 3.05) is 6.54 Å². The third-order valence-electron chi connectivity index (χ3n) is 2.73. The van der Waals surface area contributed by atoms with Crippen molar-refractivity contribution in [3.8, 4) is 0 Å². The summed E-state index contributed by atoms with van der Waals surface area (Å²) in [5.41, 5.74) is 6.95. The van der Waals surface area contributed by atoms with E-state index in [9.17, 15) is 4.39 Å². The van der Waals surface area contributed by atoms with Gasteiger partial charge in [0.2, 0.25) is 0 Å². The maximum atomic E-state index is 13.0. The van der Waals surface area contributed by atoms with E-state index in [1.165, 1.54) is 6.07 Å². The minimum atomic E-state index is -0.166. The summed E-state index contributed by atoms with van der Waals surface area (Å²) >= 11 is 2.36. The van der Waals surface area contributed by atoms with Gasteiger partial charge >= 0.3 is 0 Å². The van der Waals surface area contributed by atoms with Gasteiger partial charge in [0, 0.05) is 19.1 Å². The molecule has 1 aromatic rings. The van der Waals surface area contributed by atoms with Crippen molar-refractivity contribution in [1.82, 2.24) is 4.90 Å². The Labute approximate surface area is 127 Å². The molecule has 0 aliphatic carbocycles. The molecule has 2 atom stereocenters. The average Bonchev–Trinajstić information content (AvgIpc) is 2.50. The van der Waals surface area contributed by atoms with Crippen LogP contribution in [0.5, 0.6) is 0 Å². The van der Waals surface area contributed by atoms with Gasteiger partial charge in [0.1, 0.15) is 5.82 Å². The molecule has 1 aliphatic heterocycles. The van der Waals surface area contributed by atoms with E-state index >= 15 is 0 Å². The highest BCUT2D eigenvalue weighted by Crippen LogP contribution is 2.24. The van der Waals surface area contributed by atoms with Crippen LogP contribution in [0.1, 0.15) is 12.0 Å². The summed E-state index contributed by atoms with van der Waals surface area (Å²) in [5.74, 6) is -0.166. The number of halogens is 4. The van der Waals surface area contributed by atoms with Gasteiger partial charge in [-0.25, -0.2) is 4.39 Å². The van der Waals surface area contributed by atoms with Gasteiger partial charge in [0.15, 0.2) is 0 Å². The molecule has 0 spiro atoms. The van der Waals surface area contributed by atoms with E-state index in [2.05, 4.69) is 27.5 Å². The van der Waals surface area contributed by atoms with Gasteiger partial charge < -0.3 is 5.73 Å². The summed E-state index contributed by atoms with van der Waals surface area (Å²) in [4.78, 5) is 2.29. The molecule has 0 bridgehead atoms. The smallest absolute Gasteiger partial charge is 0.123 e. The Hall–Kier alpha value is 0.380. The van der Waals surface area contributed by atoms with Crippen molar-refractivity contribution in [2.45, 2.75) is 23.1 Å². The molecule has 0 amide bonds. The molecule has 1 heterocycles. The number of hydrogen-bond acceptors (Lipinski definition) is 2. The largest absolute Gasteiger partial charge is 0.326 e. The van der Waals surface area contributed by atoms with Crippen molar-refractivity contribution in [3.05, 3.63) is 35.6 Å². The maximum Gasteiger partial charge on any atom is 0.123 e. The monoisotopic (exact) mass is 392 g/mol. The van der Waals surface area contributed by atoms with Crippen LogP contribution in [0.15, 0.2) is 24.3 Å². The van der Waals surface area contributed by atoms with Crippen LogP contribution in [-0.2, 0) is 6.54 Å². The van der Waals surface area contributed by atoms with Crippen LogP contribution in [0.25, 0.3) is 0 Å². The highest BCUT2D eigenvalue weighted by molar-refractivity contribution is 14.1. The van der Waals surface area contributed by atoms with Crippen LogP contribution >= 0.6 is 47.4 Å². The molecule has 6 heteroatoms. The van der Waals surface area contributed by atoms with Crippen molar-refractivity contribution in [2.24, 2.45) is 5.73 Å². The van der Waals surface area contributed by atoms with Crippen LogP contribution in [0.3, 0.4) is 0 Å². The molecule has 1 aromatic carbocycles. The molecule has 0 saturated carbocycles. The van der Waals surface area contributed by atoms with E-state index < -0.39 is 0 Å². The zero-order valence-electron chi connectivity index (χ0n) is 9.18. The topological polar surface area (TPSA) is 29.3 Å². The Balaban J connectivity index is 0.00000128. The normalized spacial score (nSPS) is 23.9. The lowest BCUT2D eigenvalue weighted by Gasteiger charge is -2.21. The zero-order valence-corrected chi connectivity index (χ0v) is 13.0. The number of nitrogens with zero attached hydrogens (tertiary/aromatic N) is 1. The Morgan fingerprint density at radius 3 is 2.65 bits per heavy atom. The fourth-order valence-electron chi connectivity index (χ4n) is 1.88. The Bertz CT molecular complexity index is 354. The summed E-state index contributed by atoms with van der Waals surface area (Å²) in [6.07, 6.45) is 1.03. The Morgan fingerprint density at radius 2 is 2.12 bits per heavy atom. The summed E-state index contributed by atoms with van der Waals surface area (Å²) in [7, 11) is 0. The predicted molar refractivity (Wildman–Crippen MR) is 81.7 cm³/mol. The molecule has 2 nitrogen and oxygen atoms in total. The van der Waals surface area contributed by atoms with Gasteiger partial charge in [-0.15, -0.1) is 24.8 Å². The van der Waals surface area contributed by atoms with Gasteiger partial charge in [-0.05, 0) is 24.1 Å². The van der Waals surface area contributed by atoms with Crippen molar-refractivity contribution < 1.29 is 4.39 Å². The van der Waals surface area contributed by atoms with E-state index in [4.69, 9.17) is 5.73 Å². The number of rotatable bonds is 2. The Morgan fingerprint density at radius 1 is 1.41 bits per heavy atom. The van der Waals surface area contributed by atoms with Gasteiger partial charge in [0.05, 0.1) is 4.05 Å². The second kappa shape index (κ2) is 7.74. The van der Waals surface area contributed by atoms with Crippen molar-refractivity contribution in [3.63, 3.8) is 0 Å². The number of hydrogen-bond donors (Lipinski definition) is 1. The van der Waals surface area contributed by atoms with Crippen LogP contribution in [0.2, 0.25) is 0 Å². The van der Waals surface area contributed by atoms with Gasteiger partial charge in [-0.3, -0.25) is 4.90 Å². The second-order valence-electron chi connectivity index (χ2n) is 3.93. The fourth-order valence-corrected chi connectivity index (χ4v) is 2.72. The van der Waals surface area contributed by atoms with Crippen molar-refractivity contribution in [1.29, 1.82) is 0 Å². The number of nitrogens with two attached hydrogens (primary N) is 1. The van der Waals surface area contributed by atoms with Crippen LogP contribution < -0.4 is 5.73 Å². The second-order valence-corrected chi connectivity index (χ2v) is 5.20. The van der Waals surface area contributed by atoms with E-state index in [1.807, 2.05) is 6.07 Å². The highest BCUT2D eigenvalue weighted by atomic mass is 127. The lowest BCUT2D eigenvalue weighted by Crippen LogP contribution is -2.33. The number of alkyl halides is 1. The molecule has 1 unspecified atom stereocenters. The highest BCUT2D eigenvalue weighted by Gasteiger charge is 2.28. The molecule has 98 valence electrons. The van der Waals surface area contributed by atoms with Gasteiger partial charge in [0.25, 0.3) is 0 Å². The first kappa shape index (κ1) is 17.4. The molecule has 2 N–H and O–H groups in total. The quantitative estimate of drug-likeness (QED) is 0.476. The standard InChI is InChI=1S/C11H14FIN2.2ClH/c12-9-3-1-2-8(6-9)7-15-5-4-10(14)11(15)13;;/h1-3,6,10-11H,4-5,7,14H2;2*1H/t10-,11?;;/m1../s1. The molecular weight excluding hydrogens is 377 g/mol. The minimum Gasteiger partial charge on any atom is -0.326 e. The lowest BCUT2D eigenvalue weighted by molar-refractivity contribution is 0.313. The third kappa shape index (κ3) is 4.52. The molecule has 0 aromatic heterocycles. The minimum absolute atomic E-state index is 0. The average molecular weight is 393 g/mol. The first-order chi connectivity index (χ1) is 7.16. The maximum absolute atomic E-state index is 13.0. The number of benzene rings is 1. The zero-order chi connectivity index (χ0) is 10.8. The lowest BCUT2D eigenvalue weighted by atomic mass is 10.2.